The molecule has 1 aliphatic rings. The standard InChI is InChI=1S/C13H13NO2S/c1-16-8-2-3-11-9(6-8)13(15)10-7-14-5-4-12(10)17-11/h2-3,6,14H,4-5,7H2,1H3. The van der Waals surface area contributed by atoms with Crippen LogP contribution in [0.3, 0.4) is 0 Å². The Hall–Kier alpha value is -1.39. The van der Waals surface area contributed by atoms with E-state index in [-0.39, 0.29) is 5.43 Å². The van der Waals surface area contributed by atoms with Crippen molar-refractivity contribution in [3.63, 3.8) is 0 Å². The number of methoxy groups -OCH3 is 1. The minimum absolute atomic E-state index is 0.153. The average molecular weight is 247 g/mol. The Morgan fingerprint density at radius 1 is 1.41 bits per heavy atom. The molecule has 1 aromatic carbocycles. The molecule has 1 aromatic heterocycles. The highest BCUT2D eigenvalue weighted by Crippen LogP contribution is 2.26. The molecular weight excluding hydrogens is 234 g/mol. The molecule has 1 N–H and O–H groups in total. The zero-order valence-electron chi connectivity index (χ0n) is 9.58. The van der Waals surface area contributed by atoms with Crippen LogP contribution in [0.4, 0.5) is 0 Å². The molecule has 3 nitrogen and oxygen atoms in total. The molecule has 0 unspecified atom stereocenters. The molecule has 17 heavy (non-hydrogen) atoms. The van der Waals surface area contributed by atoms with Crippen molar-refractivity contribution >= 4 is 21.4 Å². The lowest BCUT2D eigenvalue weighted by atomic mass is 10.1. The molecule has 1 aliphatic heterocycles. The average Bonchev–Trinajstić information content (AvgIpc) is 2.39. The fourth-order valence-electron chi connectivity index (χ4n) is 2.18. The van der Waals surface area contributed by atoms with Crippen LogP contribution < -0.4 is 15.5 Å². The largest absolute Gasteiger partial charge is 0.497 e. The van der Waals surface area contributed by atoms with E-state index in [1.807, 2.05) is 18.2 Å². The van der Waals surface area contributed by atoms with Gasteiger partial charge in [-0.25, -0.2) is 0 Å². The smallest absolute Gasteiger partial charge is 0.192 e. The number of hydrogen-bond donors (Lipinski definition) is 1. The van der Waals surface area contributed by atoms with Gasteiger partial charge in [-0.1, -0.05) is 0 Å². The zero-order valence-corrected chi connectivity index (χ0v) is 10.4. The second-order valence-corrected chi connectivity index (χ2v) is 5.26. The summed E-state index contributed by atoms with van der Waals surface area (Å²) in [5.41, 5.74) is 1.09. The van der Waals surface area contributed by atoms with Gasteiger partial charge in [-0.05, 0) is 24.6 Å². The molecule has 88 valence electrons. The minimum atomic E-state index is 0.153. The molecule has 2 heterocycles. The summed E-state index contributed by atoms with van der Waals surface area (Å²) in [5.74, 6) is 0.741. The van der Waals surface area contributed by atoms with Crippen molar-refractivity contribution in [2.45, 2.75) is 13.0 Å². The van der Waals surface area contributed by atoms with Crippen molar-refractivity contribution in [1.29, 1.82) is 0 Å². The monoisotopic (exact) mass is 247 g/mol. The first kappa shape index (κ1) is 10.7. The summed E-state index contributed by atoms with van der Waals surface area (Å²) in [7, 11) is 1.62. The van der Waals surface area contributed by atoms with E-state index in [1.165, 1.54) is 4.88 Å². The van der Waals surface area contributed by atoms with Crippen molar-refractivity contribution in [2.75, 3.05) is 13.7 Å². The molecule has 0 atom stereocenters. The molecular formula is C13H13NO2S. The number of ether oxygens (including phenoxy) is 1. The molecule has 2 aromatic rings. The van der Waals surface area contributed by atoms with Gasteiger partial charge in [0.1, 0.15) is 5.75 Å². The lowest BCUT2D eigenvalue weighted by Crippen LogP contribution is -2.28. The van der Waals surface area contributed by atoms with E-state index in [2.05, 4.69) is 5.32 Å². The minimum Gasteiger partial charge on any atom is -0.497 e. The maximum absolute atomic E-state index is 12.4. The maximum Gasteiger partial charge on any atom is 0.192 e. The third kappa shape index (κ3) is 1.73. The van der Waals surface area contributed by atoms with Crippen LogP contribution in [-0.2, 0) is 13.0 Å². The van der Waals surface area contributed by atoms with Gasteiger partial charge in [0.15, 0.2) is 5.43 Å². The van der Waals surface area contributed by atoms with Gasteiger partial charge in [-0.15, -0.1) is 11.3 Å². The molecule has 0 spiro atoms. The van der Waals surface area contributed by atoms with Crippen LogP contribution >= 0.6 is 11.3 Å². The quantitative estimate of drug-likeness (QED) is 0.836. The molecule has 0 fully saturated rings. The predicted octanol–water partition coefficient (Wildman–Crippen LogP) is 1.92. The van der Waals surface area contributed by atoms with Crippen molar-refractivity contribution in [2.24, 2.45) is 0 Å². The molecule has 0 amide bonds. The lowest BCUT2D eigenvalue weighted by Gasteiger charge is -2.16. The van der Waals surface area contributed by atoms with Gasteiger partial charge in [0.05, 0.1) is 7.11 Å². The van der Waals surface area contributed by atoms with E-state index < -0.39 is 0 Å². The number of rotatable bonds is 1. The topological polar surface area (TPSA) is 38.3 Å². The number of nitrogens with one attached hydrogen (secondary N) is 1. The molecule has 0 bridgehead atoms. The van der Waals surface area contributed by atoms with Crippen LogP contribution in [0.25, 0.3) is 10.1 Å². The second kappa shape index (κ2) is 4.13. The summed E-state index contributed by atoms with van der Waals surface area (Å²) < 4.78 is 6.22. The van der Waals surface area contributed by atoms with E-state index in [9.17, 15) is 4.79 Å². The van der Waals surface area contributed by atoms with Crippen LogP contribution in [0, 0.1) is 0 Å². The SMILES string of the molecule is COc1ccc2sc3c(c(=O)c2c1)CNCC3. The first-order valence-electron chi connectivity index (χ1n) is 5.63. The molecule has 0 aliphatic carbocycles. The van der Waals surface area contributed by atoms with E-state index in [0.717, 1.165) is 34.4 Å². The first-order valence-corrected chi connectivity index (χ1v) is 6.44. The summed E-state index contributed by atoms with van der Waals surface area (Å²) in [6.07, 6.45) is 0.956. The summed E-state index contributed by atoms with van der Waals surface area (Å²) in [4.78, 5) is 13.6. The van der Waals surface area contributed by atoms with Crippen LogP contribution in [0.1, 0.15) is 10.4 Å². The van der Waals surface area contributed by atoms with Crippen LogP contribution in [0.2, 0.25) is 0 Å². The fraction of sp³-hybridized carbons (Fsp3) is 0.308. The van der Waals surface area contributed by atoms with Gasteiger partial charge in [-0.2, -0.15) is 0 Å². The van der Waals surface area contributed by atoms with E-state index in [4.69, 9.17) is 4.74 Å². The summed E-state index contributed by atoms with van der Waals surface area (Å²) in [6.45, 7) is 1.66. The highest BCUT2D eigenvalue weighted by molar-refractivity contribution is 7.18. The second-order valence-electron chi connectivity index (χ2n) is 4.12. The van der Waals surface area contributed by atoms with Gasteiger partial charge in [0.25, 0.3) is 0 Å². The number of benzene rings is 1. The van der Waals surface area contributed by atoms with Gasteiger partial charge >= 0.3 is 0 Å². The predicted molar refractivity (Wildman–Crippen MR) is 70.1 cm³/mol. The van der Waals surface area contributed by atoms with Crippen molar-refractivity contribution < 1.29 is 4.74 Å². The zero-order chi connectivity index (χ0) is 11.8. The Bertz CT molecular complexity index is 633. The Morgan fingerprint density at radius 2 is 2.29 bits per heavy atom. The summed E-state index contributed by atoms with van der Waals surface area (Å²) >= 11 is 1.73. The van der Waals surface area contributed by atoms with Gasteiger partial charge < -0.3 is 10.1 Å². The van der Waals surface area contributed by atoms with E-state index in [0.29, 0.717) is 6.54 Å². The maximum atomic E-state index is 12.4. The van der Waals surface area contributed by atoms with Gasteiger partial charge in [0.2, 0.25) is 0 Å². The third-order valence-corrected chi connectivity index (χ3v) is 4.38. The van der Waals surface area contributed by atoms with Crippen LogP contribution in [-0.4, -0.2) is 13.7 Å². The fourth-order valence-corrected chi connectivity index (χ4v) is 3.34. The van der Waals surface area contributed by atoms with E-state index >= 15 is 0 Å². The van der Waals surface area contributed by atoms with Crippen molar-refractivity contribution in [3.05, 3.63) is 38.9 Å². The van der Waals surface area contributed by atoms with Crippen LogP contribution in [0.15, 0.2) is 23.0 Å². The third-order valence-electron chi connectivity index (χ3n) is 3.11. The van der Waals surface area contributed by atoms with Crippen molar-refractivity contribution in [3.8, 4) is 5.75 Å². The Balaban J connectivity index is 2.33. The Kier molecular flexibility index (Phi) is 2.61. The van der Waals surface area contributed by atoms with Crippen LogP contribution in [0.5, 0.6) is 5.75 Å². The Morgan fingerprint density at radius 3 is 3.12 bits per heavy atom. The Labute approximate surface area is 103 Å². The molecule has 3 rings (SSSR count). The van der Waals surface area contributed by atoms with E-state index in [1.54, 1.807) is 18.4 Å². The summed E-state index contributed by atoms with van der Waals surface area (Å²) in [6, 6.07) is 5.72. The molecule has 0 radical (unpaired) electrons. The highest BCUT2D eigenvalue weighted by Gasteiger charge is 2.15. The lowest BCUT2D eigenvalue weighted by molar-refractivity contribution is 0.415. The summed E-state index contributed by atoms with van der Waals surface area (Å²) in [5, 5.41) is 4.03. The van der Waals surface area contributed by atoms with Gasteiger partial charge in [-0.3, -0.25) is 4.79 Å². The first-order chi connectivity index (χ1) is 8.29. The normalized spacial score (nSPS) is 14.6. The number of hydrogen-bond acceptors (Lipinski definition) is 4. The number of fused-ring (bicyclic) bond motifs is 2. The highest BCUT2D eigenvalue weighted by atomic mass is 32.1. The molecule has 0 saturated heterocycles. The van der Waals surface area contributed by atoms with Crippen molar-refractivity contribution in [1.82, 2.24) is 5.32 Å². The molecule has 0 saturated carbocycles. The molecule has 4 heteroatoms. The van der Waals surface area contributed by atoms with Gasteiger partial charge in [0, 0.05) is 33.6 Å².